The molecule has 110 valence electrons. The van der Waals surface area contributed by atoms with E-state index in [9.17, 15) is 4.79 Å². The minimum atomic E-state index is 0.626. The van der Waals surface area contributed by atoms with Crippen LogP contribution >= 0.6 is 11.3 Å². The number of aryl methyl sites for hydroxylation is 3. The number of benzene rings is 1. The minimum absolute atomic E-state index is 0.626. The number of thiophene rings is 1. The van der Waals surface area contributed by atoms with E-state index in [1.54, 1.807) is 35.6 Å². The Morgan fingerprint density at radius 2 is 2.00 bits per heavy atom. The van der Waals surface area contributed by atoms with Crippen molar-refractivity contribution < 1.29 is 9.53 Å². The predicted octanol–water partition coefficient (Wildman–Crippen LogP) is 4.09. The van der Waals surface area contributed by atoms with E-state index in [-0.39, 0.29) is 0 Å². The topological polar surface area (TPSA) is 52.1 Å². The van der Waals surface area contributed by atoms with E-state index in [1.165, 1.54) is 16.9 Å². The molecular weight excluding hydrogens is 296 g/mol. The fourth-order valence-corrected chi connectivity index (χ4v) is 4.16. The molecule has 0 N–H and O–H groups in total. The molecule has 4 rings (SSSR count). The molecule has 4 nitrogen and oxygen atoms in total. The minimum Gasteiger partial charge on any atom is -0.438 e. The van der Waals surface area contributed by atoms with E-state index in [4.69, 9.17) is 4.74 Å². The van der Waals surface area contributed by atoms with Crippen molar-refractivity contribution in [2.24, 2.45) is 0 Å². The molecule has 0 amide bonds. The molecule has 2 heterocycles. The summed E-state index contributed by atoms with van der Waals surface area (Å²) >= 11 is 1.75. The lowest BCUT2D eigenvalue weighted by molar-refractivity contribution is 0.112. The molecule has 1 aliphatic rings. The van der Waals surface area contributed by atoms with Gasteiger partial charge >= 0.3 is 0 Å². The Bertz CT molecular complexity index is 868. The highest BCUT2D eigenvalue weighted by molar-refractivity contribution is 7.19. The predicted molar refractivity (Wildman–Crippen MR) is 86.1 cm³/mol. The average Bonchev–Trinajstić information content (AvgIpc) is 3.08. The normalized spacial score (nSPS) is 13.3. The van der Waals surface area contributed by atoms with Crippen LogP contribution in [0.3, 0.4) is 0 Å². The second-order valence-electron chi connectivity index (χ2n) is 5.40. The maximum atomic E-state index is 10.7. The summed E-state index contributed by atoms with van der Waals surface area (Å²) in [6.45, 7) is 1.88. The molecule has 0 fully saturated rings. The molecule has 0 saturated carbocycles. The smallest absolute Gasteiger partial charge is 0.231 e. The fourth-order valence-electron chi connectivity index (χ4n) is 2.86. The summed E-state index contributed by atoms with van der Waals surface area (Å²) in [5.41, 5.74) is 1.98. The Morgan fingerprint density at radius 1 is 1.18 bits per heavy atom. The Kier molecular flexibility index (Phi) is 3.15. The van der Waals surface area contributed by atoms with Gasteiger partial charge in [0.25, 0.3) is 0 Å². The van der Waals surface area contributed by atoms with Gasteiger partial charge in [-0.2, -0.15) is 4.98 Å². The molecule has 22 heavy (non-hydrogen) atoms. The molecule has 0 bridgehead atoms. The van der Waals surface area contributed by atoms with Crippen molar-refractivity contribution in [3.8, 4) is 11.6 Å². The van der Waals surface area contributed by atoms with Crippen molar-refractivity contribution in [2.75, 3.05) is 0 Å². The van der Waals surface area contributed by atoms with Crippen molar-refractivity contribution in [2.45, 2.75) is 26.2 Å². The maximum absolute atomic E-state index is 10.7. The first-order chi connectivity index (χ1) is 10.7. The van der Waals surface area contributed by atoms with Gasteiger partial charge in [-0.1, -0.05) is 0 Å². The van der Waals surface area contributed by atoms with Crippen LogP contribution in [0.15, 0.2) is 24.3 Å². The van der Waals surface area contributed by atoms with Gasteiger partial charge in [0.2, 0.25) is 5.88 Å². The summed E-state index contributed by atoms with van der Waals surface area (Å²) in [5, 5.41) is 1.06. The number of carbonyl (C=O) groups excluding carboxylic acids is 1. The second-order valence-corrected chi connectivity index (χ2v) is 6.49. The number of hydrogen-bond acceptors (Lipinski definition) is 5. The van der Waals surface area contributed by atoms with Gasteiger partial charge in [0.1, 0.15) is 22.7 Å². The second kappa shape index (κ2) is 5.18. The Morgan fingerprint density at radius 3 is 2.77 bits per heavy atom. The van der Waals surface area contributed by atoms with Crippen LogP contribution in [0.1, 0.15) is 33.0 Å². The van der Waals surface area contributed by atoms with Crippen LogP contribution in [0.5, 0.6) is 11.6 Å². The molecule has 0 radical (unpaired) electrons. The van der Waals surface area contributed by atoms with E-state index < -0.39 is 0 Å². The van der Waals surface area contributed by atoms with Crippen LogP contribution in [0, 0.1) is 6.92 Å². The third kappa shape index (κ3) is 2.18. The van der Waals surface area contributed by atoms with Gasteiger partial charge in [-0.05, 0) is 56.0 Å². The lowest BCUT2D eigenvalue weighted by Gasteiger charge is -2.08. The molecular formula is C17H14N2O2S. The SMILES string of the molecule is Cc1nc(Oc2ccc(C=O)cc2)c2c3c(sc2n1)CCC3. The largest absolute Gasteiger partial charge is 0.438 e. The standard InChI is InChI=1S/C17H14N2O2S/c1-10-18-16(21-12-7-5-11(9-20)6-8-12)15-13-3-2-4-14(13)22-17(15)19-10/h5-9H,2-4H2,1H3. The van der Waals surface area contributed by atoms with Gasteiger partial charge in [0.15, 0.2) is 0 Å². The first-order valence-corrected chi connectivity index (χ1v) is 8.08. The average molecular weight is 310 g/mol. The summed E-state index contributed by atoms with van der Waals surface area (Å²) < 4.78 is 6.00. The first-order valence-electron chi connectivity index (χ1n) is 7.26. The van der Waals surface area contributed by atoms with E-state index in [1.807, 2.05) is 6.92 Å². The summed E-state index contributed by atoms with van der Waals surface area (Å²) in [4.78, 5) is 22.2. The Labute approximate surface area is 131 Å². The number of fused-ring (bicyclic) bond motifs is 3. The zero-order valence-electron chi connectivity index (χ0n) is 12.1. The van der Waals surface area contributed by atoms with Crippen LogP contribution in [-0.4, -0.2) is 16.3 Å². The lowest BCUT2D eigenvalue weighted by atomic mass is 10.2. The van der Waals surface area contributed by atoms with E-state index >= 15 is 0 Å². The maximum Gasteiger partial charge on any atom is 0.231 e. The lowest BCUT2D eigenvalue weighted by Crippen LogP contribution is -1.95. The summed E-state index contributed by atoms with van der Waals surface area (Å²) in [7, 11) is 0. The number of hydrogen-bond donors (Lipinski definition) is 0. The van der Waals surface area contributed by atoms with E-state index in [0.717, 1.165) is 29.3 Å². The van der Waals surface area contributed by atoms with Crippen LogP contribution in [0.4, 0.5) is 0 Å². The molecule has 0 saturated heterocycles. The number of nitrogens with zero attached hydrogens (tertiary/aromatic N) is 2. The first kappa shape index (κ1) is 13.4. The number of carbonyl (C=O) groups is 1. The van der Waals surface area contributed by atoms with E-state index in [2.05, 4.69) is 9.97 Å². The zero-order valence-corrected chi connectivity index (χ0v) is 12.9. The molecule has 2 aromatic heterocycles. The molecule has 3 aromatic rings. The molecule has 1 aromatic carbocycles. The highest BCUT2D eigenvalue weighted by Crippen LogP contribution is 2.41. The van der Waals surface area contributed by atoms with Crippen molar-refractivity contribution in [3.05, 3.63) is 46.1 Å². The highest BCUT2D eigenvalue weighted by Gasteiger charge is 2.22. The Balaban J connectivity index is 1.81. The van der Waals surface area contributed by atoms with Gasteiger partial charge in [-0.15, -0.1) is 11.3 Å². The number of ether oxygens (including phenoxy) is 1. The zero-order chi connectivity index (χ0) is 15.1. The molecule has 1 aliphatic carbocycles. The molecule has 0 atom stereocenters. The quantitative estimate of drug-likeness (QED) is 0.684. The molecule has 5 heteroatoms. The van der Waals surface area contributed by atoms with Gasteiger partial charge in [0.05, 0.1) is 5.39 Å². The van der Waals surface area contributed by atoms with Gasteiger partial charge < -0.3 is 4.74 Å². The number of rotatable bonds is 3. The van der Waals surface area contributed by atoms with Crippen LogP contribution < -0.4 is 4.74 Å². The van der Waals surface area contributed by atoms with Gasteiger partial charge in [-0.3, -0.25) is 4.79 Å². The molecule has 0 spiro atoms. The Hall–Kier alpha value is -2.27. The highest BCUT2D eigenvalue weighted by atomic mass is 32.1. The third-order valence-electron chi connectivity index (χ3n) is 3.87. The van der Waals surface area contributed by atoms with Crippen molar-refractivity contribution in [1.82, 2.24) is 9.97 Å². The number of aldehydes is 1. The van der Waals surface area contributed by atoms with Gasteiger partial charge in [-0.25, -0.2) is 4.98 Å². The number of aromatic nitrogens is 2. The third-order valence-corrected chi connectivity index (χ3v) is 5.06. The summed E-state index contributed by atoms with van der Waals surface area (Å²) in [5.74, 6) is 2.02. The van der Waals surface area contributed by atoms with Crippen molar-refractivity contribution >= 4 is 27.8 Å². The summed E-state index contributed by atoms with van der Waals surface area (Å²) in [6, 6.07) is 7.07. The van der Waals surface area contributed by atoms with Crippen molar-refractivity contribution in [1.29, 1.82) is 0 Å². The van der Waals surface area contributed by atoms with Crippen LogP contribution in [-0.2, 0) is 12.8 Å². The molecule has 0 aliphatic heterocycles. The fraction of sp³-hybridized carbons (Fsp3) is 0.235. The van der Waals surface area contributed by atoms with Crippen molar-refractivity contribution in [3.63, 3.8) is 0 Å². The van der Waals surface area contributed by atoms with E-state index in [0.29, 0.717) is 23.0 Å². The summed E-state index contributed by atoms with van der Waals surface area (Å²) in [6.07, 6.45) is 4.21. The monoisotopic (exact) mass is 310 g/mol. The van der Waals surface area contributed by atoms with Crippen LogP contribution in [0.25, 0.3) is 10.2 Å². The van der Waals surface area contributed by atoms with Crippen LogP contribution in [0.2, 0.25) is 0 Å². The van der Waals surface area contributed by atoms with Gasteiger partial charge in [0, 0.05) is 10.4 Å². The molecule has 0 unspecified atom stereocenters.